The highest BCUT2D eigenvalue weighted by molar-refractivity contribution is 6.33. The first kappa shape index (κ1) is 12.3. The van der Waals surface area contributed by atoms with Gasteiger partial charge in [-0.25, -0.2) is 0 Å². The number of benzene rings is 1. The molecule has 2 nitrogen and oxygen atoms in total. The molecule has 17 heavy (non-hydrogen) atoms. The van der Waals surface area contributed by atoms with Crippen LogP contribution in [-0.2, 0) is 0 Å². The fourth-order valence-electron chi connectivity index (χ4n) is 2.32. The monoisotopic (exact) mass is 248 g/mol. The minimum Gasteiger partial charge on any atom is -0.370 e. The highest BCUT2D eigenvalue weighted by Crippen LogP contribution is 2.28. The van der Waals surface area contributed by atoms with E-state index in [0.29, 0.717) is 10.6 Å². The van der Waals surface area contributed by atoms with Gasteiger partial charge in [-0.1, -0.05) is 30.9 Å². The van der Waals surface area contributed by atoms with Gasteiger partial charge < -0.3 is 4.90 Å². The molecule has 0 N–H and O–H groups in total. The molecule has 0 unspecified atom stereocenters. The summed E-state index contributed by atoms with van der Waals surface area (Å²) >= 11 is 6.24. The lowest BCUT2D eigenvalue weighted by Crippen LogP contribution is -2.27. The largest absolute Gasteiger partial charge is 0.370 e. The van der Waals surface area contributed by atoms with Gasteiger partial charge in [0, 0.05) is 13.1 Å². The van der Waals surface area contributed by atoms with Crippen molar-refractivity contribution in [3.8, 4) is 6.07 Å². The summed E-state index contributed by atoms with van der Waals surface area (Å²) in [5.74, 6) is 0. The van der Waals surface area contributed by atoms with Gasteiger partial charge in [0.15, 0.2) is 0 Å². The molecule has 1 saturated heterocycles. The minimum atomic E-state index is 0.630. The SMILES string of the molecule is N#Cc1ccc(N2CCCCCCC2)c(Cl)c1. The van der Waals surface area contributed by atoms with Crippen molar-refractivity contribution in [2.24, 2.45) is 0 Å². The summed E-state index contributed by atoms with van der Waals surface area (Å²) in [7, 11) is 0. The van der Waals surface area contributed by atoms with E-state index in [1.54, 1.807) is 6.07 Å². The molecule has 1 fully saturated rings. The predicted octanol–water partition coefficient (Wildman–Crippen LogP) is 3.98. The fraction of sp³-hybridized carbons (Fsp3) is 0.500. The first-order valence-electron chi connectivity index (χ1n) is 6.26. The van der Waals surface area contributed by atoms with Crippen LogP contribution in [0.2, 0.25) is 5.02 Å². The lowest BCUT2D eigenvalue weighted by atomic mass is 10.1. The van der Waals surface area contributed by atoms with Gasteiger partial charge in [0.1, 0.15) is 0 Å². The van der Waals surface area contributed by atoms with Crippen molar-refractivity contribution < 1.29 is 0 Å². The van der Waals surface area contributed by atoms with Gasteiger partial charge >= 0.3 is 0 Å². The van der Waals surface area contributed by atoms with Crippen molar-refractivity contribution in [2.45, 2.75) is 32.1 Å². The molecule has 1 aromatic rings. The zero-order valence-corrected chi connectivity index (χ0v) is 10.7. The van der Waals surface area contributed by atoms with Crippen LogP contribution >= 0.6 is 11.6 Å². The van der Waals surface area contributed by atoms with Crippen molar-refractivity contribution in [1.82, 2.24) is 0 Å². The average Bonchev–Trinajstić information content (AvgIpc) is 2.29. The van der Waals surface area contributed by atoms with Gasteiger partial charge in [0.25, 0.3) is 0 Å². The van der Waals surface area contributed by atoms with Crippen LogP contribution in [0.25, 0.3) is 0 Å². The lowest BCUT2D eigenvalue weighted by Gasteiger charge is -2.27. The lowest BCUT2D eigenvalue weighted by molar-refractivity contribution is 0.556. The summed E-state index contributed by atoms with van der Waals surface area (Å²) in [4.78, 5) is 2.35. The second-order valence-electron chi connectivity index (χ2n) is 4.53. The highest BCUT2D eigenvalue weighted by Gasteiger charge is 2.12. The van der Waals surface area contributed by atoms with Crippen LogP contribution in [0.15, 0.2) is 18.2 Å². The molecule has 0 bridgehead atoms. The summed E-state index contributed by atoms with van der Waals surface area (Å²) in [5.41, 5.74) is 1.71. The zero-order valence-electron chi connectivity index (χ0n) is 9.95. The minimum absolute atomic E-state index is 0.630. The van der Waals surface area contributed by atoms with E-state index in [4.69, 9.17) is 16.9 Å². The summed E-state index contributed by atoms with van der Waals surface area (Å²) in [6.45, 7) is 2.15. The second-order valence-corrected chi connectivity index (χ2v) is 4.94. The van der Waals surface area contributed by atoms with Crippen LogP contribution < -0.4 is 4.90 Å². The Labute approximate surface area is 108 Å². The Morgan fingerprint density at radius 3 is 2.29 bits per heavy atom. The van der Waals surface area contributed by atoms with Gasteiger partial charge in [-0.05, 0) is 31.0 Å². The van der Waals surface area contributed by atoms with Crippen LogP contribution in [0.1, 0.15) is 37.7 Å². The van der Waals surface area contributed by atoms with Crippen LogP contribution in [-0.4, -0.2) is 13.1 Å². The molecule has 90 valence electrons. The van der Waals surface area contributed by atoms with Gasteiger partial charge in [-0.15, -0.1) is 0 Å². The molecule has 1 aliphatic rings. The van der Waals surface area contributed by atoms with E-state index in [1.165, 1.54) is 32.1 Å². The van der Waals surface area contributed by atoms with Gasteiger partial charge in [-0.3, -0.25) is 0 Å². The number of hydrogen-bond donors (Lipinski definition) is 0. The molecule has 1 aromatic carbocycles. The molecule has 0 amide bonds. The molecule has 0 aliphatic carbocycles. The van der Waals surface area contributed by atoms with Crippen LogP contribution in [0.5, 0.6) is 0 Å². The van der Waals surface area contributed by atoms with Crippen molar-refractivity contribution >= 4 is 17.3 Å². The zero-order chi connectivity index (χ0) is 12.1. The molecule has 0 atom stereocenters. The Bertz CT molecular complexity index is 415. The maximum Gasteiger partial charge on any atom is 0.0992 e. The number of nitrogens with zero attached hydrogens (tertiary/aromatic N) is 2. The maximum atomic E-state index is 8.82. The third kappa shape index (κ3) is 3.14. The number of halogens is 1. The Morgan fingerprint density at radius 1 is 1.06 bits per heavy atom. The molecular formula is C14H17ClN2. The van der Waals surface area contributed by atoms with E-state index >= 15 is 0 Å². The van der Waals surface area contributed by atoms with Crippen LogP contribution in [0.4, 0.5) is 5.69 Å². The smallest absolute Gasteiger partial charge is 0.0992 e. The van der Waals surface area contributed by atoms with Crippen molar-refractivity contribution in [1.29, 1.82) is 5.26 Å². The van der Waals surface area contributed by atoms with Gasteiger partial charge in [0.05, 0.1) is 22.3 Å². The number of hydrogen-bond acceptors (Lipinski definition) is 2. The third-order valence-corrected chi connectivity index (χ3v) is 3.58. The molecule has 3 heteroatoms. The topological polar surface area (TPSA) is 27.0 Å². The number of nitriles is 1. The van der Waals surface area contributed by atoms with E-state index < -0.39 is 0 Å². The quantitative estimate of drug-likeness (QED) is 0.752. The van der Waals surface area contributed by atoms with E-state index in [2.05, 4.69) is 11.0 Å². The van der Waals surface area contributed by atoms with Gasteiger partial charge in [0.2, 0.25) is 0 Å². The first-order valence-corrected chi connectivity index (χ1v) is 6.63. The van der Waals surface area contributed by atoms with Crippen LogP contribution in [0, 0.1) is 11.3 Å². The van der Waals surface area contributed by atoms with E-state index in [-0.39, 0.29) is 0 Å². The predicted molar refractivity (Wildman–Crippen MR) is 71.5 cm³/mol. The Balaban J connectivity index is 2.17. The van der Waals surface area contributed by atoms with Gasteiger partial charge in [-0.2, -0.15) is 5.26 Å². The fourth-order valence-corrected chi connectivity index (χ4v) is 2.62. The molecule has 0 spiro atoms. The normalized spacial score (nSPS) is 17.1. The summed E-state index contributed by atoms with van der Waals surface area (Å²) in [6, 6.07) is 7.70. The van der Waals surface area contributed by atoms with Crippen molar-refractivity contribution in [3.05, 3.63) is 28.8 Å². The second kappa shape index (κ2) is 5.93. The Hall–Kier alpha value is -1.20. The molecule has 0 aromatic heterocycles. The summed E-state index contributed by atoms with van der Waals surface area (Å²) in [6.07, 6.45) is 6.44. The number of rotatable bonds is 1. The molecule has 0 saturated carbocycles. The summed E-state index contributed by atoms with van der Waals surface area (Å²) in [5, 5.41) is 9.52. The highest BCUT2D eigenvalue weighted by atomic mass is 35.5. The maximum absolute atomic E-state index is 8.82. The van der Waals surface area contributed by atoms with Crippen LogP contribution in [0.3, 0.4) is 0 Å². The molecule has 2 rings (SSSR count). The van der Waals surface area contributed by atoms with E-state index in [1.807, 2.05) is 12.1 Å². The Kier molecular flexibility index (Phi) is 4.28. The average molecular weight is 249 g/mol. The van der Waals surface area contributed by atoms with Crippen molar-refractivity contribution in [2.75, 3.05) is 18.0 Å². The molecular weight excluding hydrogens is 232 g/mol. The standard InChI is InChI=1S/C14H17ClN2/c15-13-10-12(11-16)6-7-14(13)17-8-4-2-1-3-5-9-17/h6-7,10H,1-5,8-9H2. The van der Waals surface area contributed by atoms with E-state index in [0.717, 1.165) is 18.8 Å². The molecule has 1 heterocycles. The molecule has 1 aliphatic heterocycles. The van der Waals surface area contributed by atoms with Crippen molar-refractivity contribution in [3.63, 3.8) is 0 Å². The summed E-state index contributed by atoms with van der Waals surface area (Å²) < 4.78 is 0. The Morgan fingerprint density at radius 2 is 1.71 bits per heavy atom. The van der Waals surface area contributed by atoms with E-state index in [9.17, 15) is 0 Å². The first-order chi connectivity index (χ1) is 8.31. The molecule has 0 radical (unpaired) electrons. The number of anilines is 1. The third-order valence-electron chi connectivity index (χ3n) is 3.27.